The van der Waals surface area contributed by atoms with Crippen LogP contribution in [0.1, 0.15) is 33.2 Å². The molecule has 0 aliphatic carbocycles. The van der Waals surface area contributed by atoms with Crippen molar-refractivity contribution in [3.8, 4) is 0 Å². The van der Waals surface area contributed by atoms with Gasteiger partial charge in [-0.05, 0) is 72.6 Å². The molecule has 1 heterocycles. The van der Waals surface area contributed by atoms with Crippen molar-refractivity contribution in [2.75, 3.05) is 36.4 Å². The van der Waals surface area contributed by atoms with Gasteiger partial charge in [0.15, 0.2) is 0 Å². The number of benzene rings is 3. The molecule has 5 nitrogen and oxygen atoms in total. The second-order valence-electron chi connectivity index (χ2n) is 7.84. The Morgan fingerprint density at radius 2 is 1.41 bits per heavy atom. The predicted molar refractivity (Wildman–Crippen MR) is 130 cm³/mol. The molecule has 1 saturated heterocycles. The number of carbonyl (C=O) groups is 2. The molecular weight excluding hydrogens is 422 g/mol. The Kier molecular flexibility index (Phi) is 6.76. The molecule has 3 aromatic carbocycles. The Bertz CT molecular complexity index is 1070. The van der Waals surface area contributed by atoms with Gasteiger partial charge >= 0.3 is 0 Å². The smallest absolute Gasteiger partial charge is 0.255 e. The fraction of sp³-hybridized carbons (Fsp3) is 0.231. The molecule has 0 spiro atoms. The third-order valence-corrected chi connectivity index (χ3v) is 6.02. The molecule has 0 unspecified atom stereocenters. The molecule has 0 bridgehead atoms. The number of amides is 2. The van der Waals surface area contributed by atoms with Gasteiger partial charge in [-0.2, -0.15) is 0 Å². The topological polar surface area (TPSA) is 52.7 Å². The van der Waals surface area contributed by atoms with Crippen molar-refractivity contribution in [1.82, 2.24) is 4.90 Å². The molecule has 32 heavy (non-hydrogen) atoms. The van der Waals surface area contributed by atoms with Gasteiger partial charge in [0.1, 0.15) is 0 Å². The normalized spacial score (nSPS) is 13.7. The lowest BCUT2D eigenvalue weighted by atomic mass is 10.1. The van der Waals surface area contributed by atoms with E-state index in [2.05, 4.69) is 17.1 Å². The predicted octanol–water partition coefficient (Wildman–Crippen LogP) is 5.12. The van der Waals surface area contributed by atoms with E-state index in [1.165, 1.54) is 5.56 Å². The Morgan fingerprint density at radius 1 is 0.812 bits per heavy atom. The van der Waals surface area contributed by atoms with E-state index in [4.69, 9.17) is 11.6 Å². The quantitative estimate of drug-likeness (QED) is 0.590. The molecule has 1 fully saturated rings. The van der Waals surface area contributed by atoms with E-state index in [1.807, 2.05) is 53.4 Å². The van der Waals surface area contributed by atoms with Crippen LogP contribution in [0.2, 0.25) is 5.02 Å². The summed E-state index contributed by atoms with van der Waals surface area (Å²) in [5.41, 5.74) is 4.35. The maximum absolute atomic E-state index is 12.7. The minimum absolute atomic E-state index is 0.0337. The number of nitrogens with zero attached hydrogens (tertiary/aromatic N) is 2. The number of carbonyl (C=O) groups excluding carboxylic acids is 2. The molecule has 6 heteroatoms. The van der Waals surface area contributed by atoms with E-state index in [-0.39, 0.29) is 11.8 Å². The van der Waals surface area contributed by atoms with Gasteiger partial charge < -0.3 is 15.1 Å². The Hall–Kier alpha value is -3.31. The van der Waals surface area contributed by atoms with Gasteiger partial charge in [-0.25, -0.2) is 0 Å². The fourth-order valence-corrected chi connectivity index (χ4v) is 3.92. The minimum atomic E-state index is -0.116. The van der Waals surface area contributed by atoms with E-state index in [1.54, 1.807) is 24.3 Å². The molecule has 1 N–H and O–H groups in total. The van der Waals surface area contributed by atoms with E-state index < -0.39 is 0 Å². The van der Waals surface area contributed by atoms with Crippen molar-refractivity contribution in [3.63, 3.8) is 0 Å². The van der Waals surface area contributed by atoms with Crippen LogP contribution >= 0.6 is 11.6 Å². The van der Waals surface area contributed by atoms with E-state index in [0.29, 0.717) is 29.2 Å². The van der Waals surface area contributed by atoms with Crippen LogP contribution in [-0.4, -0.2) is 42.9 Å². The zero-order valence-corrected chi connectivity index (χ0v) is 18.8. The summed E-state index contributed by atoms with van der Waals surface area (Å²) in [6.45, 7) is 4.93. The van der Waals surface area contributed by atoms with Crippen LogP contribution in [0.4, 0.5) is 11.4 Å². The van der Waals surface area contributed by atoms with Crippen LogP contribution in [0.5, 0.6) is 0 Å². The van der Waals surface area contributed by atoms with Crippen LogP contribution in [-0.2, 0) is 6.42 Å². The molecule has 3 aromatic rings. The molecule has 4 rings (SSSR count). The maximum atomic E-state index is 12.7. The minimum Gasteiger partial charge on any atom is -0.368 e. The van der Waals surface area contributed by atoms with Crippen LogP contribution in [0.15, 0.2) is 72.8 Å². The highest BCUT2D eigenvalue weighted by Crippen LogP contribution is 2.21. The van der Waals surface area contributed by atoms with Gasteiger partial charge in [0, 0.05) is 53.7 Å². The molecule has 0 radical (unpaired) electrons. The monoisotopic (exact) mass is 447 g/mol. The molecule has 0 saturated carbocycles. The van der Waals surface area contributed by atoms with Crippen molar-refractivity contribution >= 4 is 34.8 Å². The number of hydrogen-bond acceptors (Lipinski definition) is 3. The second kappa shape index (κ2) is 9.88. The standard InChI is InChI=1S/C26H26ClN3O2/c1-2-19-3-5-20(6-4-19)25(31)28-23-11-13-24(14-12-23)29-15-17-30(18-16-29)26(32)21-7-9-22(27)10-8-21/h3-14H,2,15-18H2,1H3,(H,28,31). The second-order valence-corrected chi connectivity index (χ2v) is 8.27. The number of piperazine rings is 1. The summed E-state index contributed by atoms with van der Waals surface area (Å²) in [6, 6.07) is 22.5. The number of halogens is 1. The fourth-order valence-electron chi connectivity index (χ4n) is 3.79. The first kappa shape index (κ1) is 21.9. The lowest BCUT2D eigenvalue weighted by molar-refractivity contribution is 0.0746. The van der Waals surface area contributed by atoms with E-state index in [9.17, 15) is 9.59 Å². The van der Waals surface area contributed by atoms with Gasteiger partial charge in [0.05, 0.1) is 0 Å². The summed E-state index contributed by atoms with van der Waals surface area (Å²) in [6.07, 6.45) is 0.951. The first-order chi connectivity index (χ1) is 15.5. The Balaban J connectivity index is 1.32. The summed E-state index contributed by atoms with van der Waals surface area (Å²) in [5, 5.41) is 3.58. The van der Waals surface area contributed by atoms with Gasteiger partial charge in [-0.15, -0.1) is 0 Å². The third-order valence-electron chi connectivity index (χ3n) is 5.77. The lowest BCUT2D eigenvalue weighted by Gasteiger charge is -2.36. The number of nitrogens with one attached hydrogen (secondary N) is 1. The zero-order valence-electron chi connectivity index (χ0n) is 18.1. The largest absolute Gasteiger partial charge is 0.368 e. The summed E-state index contributed by atoms with van der Waals surface area (Å²) in [4.78, 5) is 29.3. The van der Waals surface area contributed by atoms with Crippen molar-refractivity contribution in [1.29, 1.82) is 0 Å². The van der Waals surface area contributed by atoms with Gasteiger partial charge in [0.25, 0.3) is 11.8 Å². The zero-order chi connectivity index (χ0) is 22.5. The first-order valence-electron chi connectivity index (χ1n) is 10.8. The number of aryl methyl sites for hydroxylation is 1. The average molecular weight is 448 g/mol. The van der Waals surface area contributed by atoms with E-state index >= 15 is 0 Å². The molecule has 0 atom stereocenters. The maximum Gasteiger partial charge on any atom is 0.255 e. The first-order valence-corrected chi connectivity index (χ1v) is 11.2. The van der Waals surface area contributed by atoms with Gasteiger partial charge in [-0.3, -0.25) is 9.59 Å². The highest BCUT2D eigenvalue weighted by molar-refractivity contribution is 6.30. The molecule has 2 amide bonds. The highest BCUT2D eigenvalue weighted by atomic mass is 35.5. The van der Waals surface area contributed by atoms with Crippen molar-refractivity contribution < 1.29 is 9.59 Å². The van der Waals surface area contributed by atoms with Gasteiger partial charge in [0.2, 0.25) is 0 Å². The molecule has 164 valence electrons. The third kappa shape index (κ3) is 5.11. The van der Waals surface area contributed by atoms with Gasteiger partial charge in [-0.1, -0.05) is 30.7 Å². The van der Waals surface area contributed by atoms with Crippen LogP contribution in [0.3, 0.4) is 0 Å². The summed E-state index contributed by atoms with van der Waals surface area (Å²) in [7, 11) is 0. The summed E-state index contributed by atoms with van der Waals surface area (Å²) >= 11 is 5.92. The molecule has 1 aliphatic rings. The molecule has 1 aliphatic heterocycles. The van der Waals surface area contributed by atoms with E-state index in [0.717, 1.165) is 30.9 Å². The summed E-state index contributed by atoms with van der Waals surface area (Å²) < 4.78 is 0. The number of anilines is 2. The Morgan fingerprint density at radius 3 is 2.00 bits per heavy atom. The number of rotatable bonds is 5. The van der Waals surface area contributed by atoms with Crippen LogP contribution in [0.25, 0.3) is 0 Å². The molecular formula is C26H26ClN3O2. The van der Waals surface area contributed by atoms with Crippen LogP contribution in [0, 0.1) is 0 Å². The lowest BCUT2D eigenvalue weighted by Crippen LogP contribution is -2.48. The summed E-state index contributed by atoms with van der Waals surface area (Å²) in [5.74, 6) is -0.0823. The van der Waals surface area contributed by atoms with Crippen LogP contribution < -0.4 is 10.2 Å². The van der Waals surface area contributed by atoms with Crippen molar-refractivity contribution in [3.05, 3.63) is 94.5 Å². The number of hydrogen-bond donors (Lipinski definition) is 1. The highest BCUT2D eigenvalue weighted by Gasteiger charge is 2.22. The van der Waals surface area contributed by atoms with Crippen molar-refractivity contribution in [2.45, 2.75) is 13.3 Å². The SMILES string of the molecule is CCc1ccc(C(=O)Nc2ccc(N3CCN(C(=O)c4ccc(Cl)cc4)CC3)cc2)cc1. The molecule has 0 aromatic heterocycles. The average Bonchev–Trinajstić information content (AvgIpc) is 2.85. The van der Waals surface area contributed by atoms with Crippen molar-refractivity contribution in [2.24, 2.45) is 0 Å². The Labute approximate surface area is 193 Å².